The maximum absolute atomic E-state index is 12.1. The van der Waals surface area contributed by atoms with Crippen LogP contribution in [0.2, 0.25) is 10.0 Å². The molecule has 0 radical (unpaired) electrons. The lowest BCUT2D eigenvalue weighted by atomic mass is 10.2. The Bertz CT molecular complexity index is 850. The van der Waals surface area contributed by atoms with Gasteiger partial charge >= 0.3 is 0 Å². The van der Waals surface area contributed by atoms with E-state index in [1.165, 1.54) is 11.8 Å². The van der Waals surface area contributed by atoms with Crippen LogP contribution in [0.15, 0.2) is 59.6 Å². The van der Waals surface area contributed by atoms with Gasteiger partial charge in [-0.1, -0.05) is 65.3 Å². The van der Waals surface area contributed by atoms with Gasteiger partial charge in [-0.25, -0.2) is 4.98 Å². The number of para-hydroxylation sites is 2. The average Bonchev–Trinajstić information content (AvgIpc) is 2.56. The van der Waals surface area contributed by atoms with Gasteiger partial charge in [0.1, 0.15) is 0 Å². The Morgan fingerprint density at radius 3 is 2.52 bits per heavy atom. The van der Waals surface area contributed by atoms with Gasteiger partial charge in [0.25, 0.3) is 0 Å². The Morgan fingerprint density at radius 2 is 1.74 bits per heavy atom. The first-order chi connectivity index (χ1) is 11.1. The second kappa shape index (κ2) is 7.21. The van der Waals surface area contributed by atoms with Gasteiger partial charge in [0.05, 0.1) is 32.0 Å². The molecule has 1 N–H and O–H groups in total. The number of carbonyl (C=O) groups is 1. The number of pyridine rings is 1. The highest BCUT2D eigenvalue weighted by molar-refractivity contribution is 7.99. The van der Waals surface area contributed by atoms with Gasteiger partial charge in [0.15, 0.2) is 0 Å². The van der Waals surface area contributed by atoms with Crippen LogP contribution in [0.4, 0.5) is 5.69 Å². The predicted octanol–water partition coefficient (Wildman–Crippen LogP) is 5.27. The number of rotatable bonds is 4. The normalized spacial score (nSPS) is 10.7. The number of nitrogens with zero attached hydrogens (tertiary/aromatic N) is 1. The number of carbonyl (C=O) groups excluding carboxylic acids is 1. The van der Waals surface area contributed by atoms with Crippen LogP contribution in [0.1, 0.15) is 0 Å². The number of thioether (sulfide) groups is 1. The fourth-order valence-corrected chi connectivity index (χ4v) is 3.23. The van der Waals surface area contributed by atoms with Crippen molar-refractivity contribution in [1.82, 2.24) is 4.98 Å². The van der Waals surface area contributed by atoms with Crippen molar-refractivity contribution < 1.29 is 4.79 Å². The van der Waals surface area contributed by atoms with Gasteiger partial charge in [-0.2, -0.15) is 0 Å². The Hall–Kier alpha value is -1.75. The predicted molar refractivity (Wildman–Crippen MR) is 97.6 cm³/mol. The number of fused-ring (bicyclic) bond motifs is 1. The van der Waals surface area contributed by atoms with E-state index in [4.69, 9.17) is 23.2 Å². The van der Waals surface area contributed by atoms with Crippen molar-refractivity contribution in [3.63, 3.8) is 0 Å². The summed E-state index contributed by atoms with van der Waals surface area (Å²) in [5.41, 5.74) is 1.35. The molecule has 0 atom stereocenters. The van der Waals surface area contributed by atoms with Crippen LogP contribution in [0.25, 0.3) is 10.9 Å². The molecule has 0 aliphatic heterocycles. The fraction of sp³-hybridized carbons (Fsp3) is 0.0588. The van der Waals surface area contributed by atoms with E-state index < -0.39 is 0 Å². The summed E-state index contributed by atoms with van der Waals surface area (Å²) in [5.74, 6) is 0.0485. The summed E-state index contributed by atoms with van der Waals surface area (Å²) >= 11 is 13.4. The number of hydrogen-bond donors (Lipinski definition) is 1. The third-order valence-electron chi connectivity index (χ3n) is 3.15. The van der Waals surface area contributed by atoms with E-state index >= 15 is 0 Å². The smallest absolute Gasteiger partial charge is 0.234 e. The first-order valence-electron chi connectivity index (χ1n) is 6.86. The van der Waals surface area contributed by atoms with Crippen molar-refractivity contribution in [2.24, 2.45) is 0 Å². The molecule has 1 amide bonds. The topological polar surface area (TPSA) is 42.0 Å². The van der Waals surface area contributed by atoms with Crippen molar-refractivity contribution in [1.29, 1.82) is 0 Å². The van der Waals surface area contributed by atoms with Crippen LogP contribution in [0, 0.1) is 0 Å². The molecule has 116 valence electrons. The summed E-state index contributed by atoms with van der Waals surface area (Å²) in [6.07, 6.45) is 0. The Kier molecular flexibility index (Phi) is 5.06. The largest absolute Gasteiger partial charge is 0.323 e. The standard InChI is InChI=1S/C17H12Cl2N2OS/c18-12-5-3-6-13(19)17(12)21-15(22)10-23-16-9-8-11-4-1-2-7-14(11)20-16/h1-9H,10H2,(H,21,22). The Balaban J connectivity index is 1.66. The van der Waals surface area contributed by atoms with Crippen LogP contribution >= 0.6 is 35.0 Å². The second-order valence-electron chi connectivity index (χ2n) is 4.78. The quantitative estimate of drug-likeness (QED) is 0.642. The number of anilines is 1. The molecule has 1 aromatic heterocycles. The highest BCUT2D eigenvalue weighted by Crippen LogP contribution is 2.30. The summed E-state index contributed by atoms with van der Waals surface area (Å²) in [4.78, 5) is 16.6. The van der Waals surface area contributed by atoms with Gasteiger partial charge in [-0.05, 0) is 24.3 Å². The van der Waals surface area contributed by atoms with Crippen LogP contribution in [0.3, 0.4) is 0 Å². The molecular weight excluding hydrogens is 351 g/mol. The van der Waals surface area contributed by atoms with Crippen molar-refractivity contribution >= 4 is 57.5 Å². The monoisotopic (exact) mass is 362 g/mol. The summed E-state index contributed by atoms with van der Waals surface area (Å²) in [5, 5.41) is 5.44. The number of halogens is 2. The number of amides is 1. The second-order valence-corrected chi connectivity index (χ2v) is 6.59. The van der Waals surface area contributed by atoms with Crippen molar-refractivity contribution in [3.8, 4) is 0 Å². The third-order valence-corrected chi connectivity index (χ3v) is 4.71. The van der Waals surface area contributed by atoms with Gasteiger partial charge < -0.3 is 5.32 Å². The van der Waals surface area contributed by atoms with Crippen molar-refractivity contribution in [2.75, 3.05) is 11.1 Å². The molecule has 2 aromatic carbocycles. The number of aromatic nitrogens is 1. The fourth-order valence-electron chi connectivity index (χ4n) is 2.06. The first kappa shape index (κ1) is 16.1. The molecule has 3 aromatic rings. The molecule has 0 saturated carbocycles. The van der Waals surface area contributed by atoms with E-state index in [0.29, 0.717) is 15.7 Å². The molecule has 23 heavy (non-hydrogen) atoms. The number of hydrogen-bond acceptors (Lipinski definition) is 3. The Labute approximate surface area is 148 Å². The molecule has 3 nitrogen and oxygen atoms in total. The van der Waals surface area contributed by atoms with Gasteiger partial charge in [-0.3, -0.25) is 4.79 Å². The van der Waals surface area contributed by atoms with Gasteiger partial charge in [-0.15, -0.1) is 0 Å². The zero-order chi connectivity index (χ0) is 16.2. The summed E-state index contributed by atoms with van der Waals surface area (Å²) in [6, 6.07) is 16.9. The molecule has 0 aliphatic carbocycles. The first-order valence-corrected chi connectivity index (χ1v) is 8.60. The van der Waals surface area contributed by atoms with E-state index in [1.54, 1.807) is 18.2 Å². The highest BCUT2D eigenvalue weighted by atomic mass is 35.5. The van der Waals surface area contributed by atoms with Crippen molar-refractivity contribution in [2.45, 2.75) is 5.03 Å². The minimum absolute atomic E-state index is 0.181. The van der Waals surface area contributed by atoms with Gasteiger partial charge in [0.2, 0.25) is 5.91 Å². The highest BCUT2D eigenvalue weighted by Gasteiger charge is 2.10. The number of nitrogens with one attached hydrogen (secondary N) is 1. The molecular formula is C17H12Cl2N2OS. The molecule has 0 saturated heterocycles. The summed E-state index contributed by atoms with van der Waals surface area (Å²) in [6.45, 7) is 0. The van der Waals surface area contributed by atoms with E-state index in [-0.39, 0.29) is 11.7 Å². The molecule has 0 bridgehead atoms. The lowest BCUT2D eigenvalue weighted by Gasteiger charge is -2.09. The molecule has 1 heterocycles. The average molecular weight is 363 g/mol. The zero-order valence-electron chi connectivity index (χ0n) is 11.9. The minimum atomic E-state index is -0.181. The lowest BCUT2D eigenvalue weighted by Crippen LogP contribution is -2.14. The minimum Gasteiger partial charge on any atom is -0.323 e. The van der Waals surface area contributed by atoms with Gasteiger partial charge in [0, 0.05) is 5.39 Å². The Morgan fingerprint density at radius 1 is 1.00 bits per heavy atom. The number of benzene rings is 2. The van der Waals surface area contributed by atoms with Crippen molar-refractivity contribution in [3.05, 3.63) is 64.6 Å². The molecule has 0 spiro atoms. The maximum Gasteiger partial charge on any atom is 0.234 e. The van der Waals surface area contributed by atoms with E-state index in [0.717, 1.165) is 15.9 Å². The third kappa shape index (κ3) is 3.96. The molecule has 3 rings (SSSR count). The van der Waals surface area contributed by atoms with Crippen LogP contribution in [-0.4, -0.2) is 16.6 Å². The maximum atomic E-state index is 12.1. The van der Waals surface area contributed by atoms with Crippen LogP contribution in [0.5, 0.6) is 0 Å². The summed E-state index contributed by atoms with van der Waals surface area (Å²) < 4.78 is 0. The molecule has 0 unspecified atom stereocenters. The molecule has 0 aliphatic rings. The van der Waals surface area contributed by atoms with E-state index in [2.05, 4.69) is 10.3 Å². The lowest BCUT2D eigenvalue weighted by molar-refractivity contribution is -0.113. The zero-order valence-corrected chi connectivity index (χ0v) is 14.3. The molecule has 6 heteroatoms. The van der Waals surface area contributed by atoms with E-state index in [1.807, 2.05) is 36.4 Å². The van der Waals surface area contributed by atoms with E-state index in [9.17, 15) is 4.79 Å². The van der Waals surface area contributed by atoms with Crippen LogP contribution < -0.4 is 5.32 Å². The summed E-state index contributed by atoms with van der Waals surface area (Å²) in [7, 11) is 0. The van der Waals surface area contributed by atoms with Crippen LogP contribution in [-0.2, 0) is 4.79 Å². The molecule has 0 fully saturated rings. The SMILES string of the molecule is O=C(CSc1ccc2ccccc2n1)Nc1c(Cl)cccc1Cl.